The van der Waals surface area contributed by atoms with Crippen LogP contribution in [-0.4, -0.2) is 29.3 Å². The number of anilines is 1. The number of aliphatic imine (C=N–C) groups is 1. The maximum atomic E-state index is 12.3. The second-order valence-corrected chi connectivity index (χ2v) is 7.82. The van der Waals surface area contributed by atoms with Gasteiger partial charge in [0.1, 0.15) is 11.0 Å². The lowest BCUT2D eigenvalue weighted by atomic mass is 10.1. The van der Waals surface area contributed by atoms with Gasteiger partial charge in [-0.2, -0.15) is 0 Å². The van der Waals surface area contributed by atoms with Crippen LogP contribution < -0.4 is 15.4 Å². The number of carbonyl (C=O) groups is 2. The Morgan fingerprint density at radius 1 is 1.32 bits per heavy atom. The summed E-state index contributed by atoms with van der Waals surface area (Å²) in [7, 11) is 1.52. The smallest absolute Gasteiger partial charge is 0.240 e. The van der Waals surface area contributed by atoms with Crippen LogP contribution in [0.5, 0.6) is 5.75 Å². The number of benzene rings is 2. The van der Waals surface area contributed by atoms with Gasteiger partial charge in [-0.1, -0.05) is 53.7 Å². The van der Waals surface area contributed by atoms with Crippen molar-refractivity contribution >= 4 is 46.0 Å². The lowest BCUT2D eigenvalue weighted by Gasteiger charge is -2.09. The second kappa shape index (κ2) is 9.12. The van der Waals surface area contributed by atoms with Crippen molar-refractivity contribution in [2.45, 2.75) is 24.6 Å². The van der Waals surface area contributed by atoms with E-state index in [1.54, 1.807) is 18.2 Å². The van der Waals surface area contributed by atoms with E-state index in [1.807, 2.05) is 37.3 Å². The lowest BCUT2D eigenvalue weighted by Crippen LogP contribution is -2.28. The van der Waals surface area contributed by atoms with Gasteiger partial charge >= 0.3 is 0 Å². The third-order valence-corrected chi connectivity index (χ3v) is 5.57. The zero-order chi connectivity index (χ0) is 20.1. The zero-order valence-electron chi connectivity index (χ0n) is 15.4. The van der Waals surface area contributed by atoms with Crippen molar-refractivity contribution in [3.63, 3.8) is 0 Å². The van der Waals surface area contributed by atoms with E-state index in [-0.39, 0.29) is 24.3 Å². The summed E-state index contributed by atoms with van der Waals surface area (Å²) in [6, 6.07) is 14.7. The first-order valence-corrected chi connectivity index (χ1v) is 9.95. The van der Waals surface area contributed by atoms with Gasteiger partial charge in [0.2, 0.25) is 11.8 Å². The molecule has 1 heterocycles. The number of thioether (sulfide) groups is 1. The molecule has 2 amide bonds. The van der Waals surface area contributed by atoms with E-state index in [1.165, 1.54) is 18.9 Å². The number of nitrogens with one attached hydrogen (secondary N) is 2. The molecule has 0 spiro atoms. The molecule has 1 aliphatic heterocycles. The minimum Gasteiger partial charge on any atom is -0.495 e. The summed E-state index contributed by atoms with van der Waals surface area (Å²) < 4.78 is 5.09. The standard InChI is InChI=1S/C20H20ClN3O3S/c1-12(13-6-4-3-5-7-13)22-20-24-19(26)17(28-20)11-18(25)23-14-8-9-16(27-2)15(21)10-14/h3-10,12,17H,11H2,1-2H3,(H,23,25)(H,22,24,26)/t12-,17-/m1/s1. The number of halogens is 1. The number of hydrogen-bond acceptors (Lipinski definition) is 5. The van der Waals surface area contributed by atoms with Gasteiger partial charge in [-0.3, -0.25) is 14.6 Å². The van der Waals surface area contributed by atoms with Crippen LogP contribution in [0.4, 0.5) is 5.69 Å². The fraction of sp³-hybridized carbons (Fsp3) is 0.250. The monoisotopic (exact) mass is 417 g/mol. The van der Waals surface area contributed by atoms with Crippen LogP contribution in [0, 0.1) is 0 Å². The third kappa shape index (κ3) is 5.05. The highest BCUT2D eigenvalue weighted by molar-refractivity contribution is 8.15. The summed E-state index contributed by atoms with van der Waals surface area (Å²) in [4.78, 5) is 29.1. The molecule has 6 nitrogen and oxygen atoms in total. The number of hydrogen-bond donors (Lipinski definition) is 2. The molecule has 0 radical (unpaired) electrons. The Morgan fingerprint density at radius 2 is 2.07 bits per heavy atom. The number of rotatable bonds is 6. The number of ether oxygens (including phenoxy) is 1. The Bertz CT molecular complexity index is 905. The lowest BCUT2D eigenvalue weighted by molar-refractivity contribution is -0.122. The first-order valence-electron chi connectivity index (χ1n) is 8.70. The largest absolute Gasteiger partial charge is 0.495 e. The summed E-state index contributed by atoms with van der Waals surface area (Å²) in [5, 5.41) is 5.92. The number of amides is 2. The molecule has 1 aliphatic rings. The Morgan fingerprint density at radius 3 is 2.75 bits per heavy atom. The molecule has 3 rings (SSSR count). The Labute approximate surface area is 172 Å². The fourth-order valence-corrected chi connectivity index (χ4v) is 4.01. The summed E-state index contributed by atoms with van der Waals surface area (Å²) in [6.45, 7) is 1.96. The normalized spacial score (nSPS) is 18.6. The molecular weight excluding hydrogens is 398 g/mol. The van der Waals surface area contributed by atoms with Crippen molar-refractivity contribution in [2.24, 2.45) is 4.99 Å². The molecule has 0 bridgehead atoms. The summed E-state index contributed by atoms with van der Waals surface area (Å²) >= 11 is 7.34. The first-order chi connectivity index (χ1) is 13.5. The highest BCUT2D eigenvalue weighted by atomic mass is 35.5. The van der Waals surface area contributed by atoms with Crippen LogP contribution in [0.2, 0.25) is 5.02 Å². The molecule has 1 saturated heterocycles. The summed E-state index contributed by atoms with van der Waals surface area (Å²) in [5.41, 5.74) is 1.60. The fourth-order valence-electron chi connectivity index (χ4n) is 2.71. The van der Waals surface area contributed by atoms with Crippen molar-refractivity contribution in [1.82, 2.24) is 5.32 Å². The van der Waals surface area contributed by atoms with E-state index in [4.69, 9.17) is 16.3 Å². The van der Waals surface area contributed by atoms with Crippen LogP contribution >= 0.6 is 23.4 Å². The summed E-state index contributed by atoms with van der Waals surface area (Å²) in [6.07, 6.45) is 0.0406. The van der Waals surface area contributed by atoms with Crippen molar-refractivity contribution in [3.8, 4) is 5.75 Å². The van der Waals surface area contributed by atoms with Gasteiger partial charge in [-0.15, -0.1) is 0 Å². The first kappa shape index (κ1) is 20.2. The van der Waals surface area contributed by atoms with Crippen LogP contribution in [-0.2, 0) is 9.59 Å². The van der Waals surface area contributed by atoms with Gasteiger partial charge in [0.05, 0.1) is 18.2 Å². The second-order valence-electron chi connectivity index (χ2n) is 6.22. The molecule has 1 fully saturated rings. The zero-order valence-corrected chi connectivity index (χ0v) is 17.0. The number of methoxy groups -OCH3 is 1. The Balaban J connectivity index is 1.59. The van der Waals surface area contributed by atoms with E-state index < -0.39 is 5.25 Å². The van der Waals surface area contributed by atoms with Gasteiger partial charge in [0, 0.05) is 12.1 Å². The quantitative estimate of drug-likeness (QED) is 0.743. The molecule has 0 saturated carbocycles. The minimum absolute atomic E-state index is 0.0406. The average Bonchev–Trinajstić information content (AvgIpc) is 3.01. The maximum absolute atomic E-state index is 12.3. The molecule has 2 N–H and O–H groups in total. The van der Waals surface area contributed by atoms with Crippen LogP contribution in [0.15, 0.2) is 53.5 Å². The van der Waals surface area contributed by atoms with E-state index >= 15 is 0 Å². The molecule has 146 valence electrons. The molecule has 2 aromatic rings. The van der Waals surface area contributed by atoms with Gasteiger partial charge in [0.15, 0.2) is 5.17 Å². The van der Waals surface area contributed by atoms with Gasteiger partial charge in [0.25, 0.3) is 0 Å². The van der Waals surface area contributed by atoms with E-state index in [9.17, 15) is 9.59 Å². The van der Waals surface area contributed by atoms with Crippen molar-refractivity contribution in [2.75, 3.05) is 12.4 Å². The number of carbonyl (C=O) groups excluding carboxylic acids is 2. The predicted octanol–water partition coefficient (Wildman–Crippen LogP) is 4.03. The predicted molar refractivity (Wildman–Crippen MR) is 113 cm³/mol. The molecule has 8 heteroatoms. The van der Waals surface area contributed by atoms with Crippen molar-refractivity contribution < 1.29 is 14.3 Å². The SMILES string of the molecule is COc1ccc(NC(=O)C[C@H]2SC(=N[C@H](C)c3ccccc3)NC2=O)cc1Cl. The molecule has 28 heavy (non-hydrogen) atoms. The number of nitrogens with zero attached hydrogens (tertiary/aromatic N) is 1. The highest BCUT2D eigenvalue weighted by Crippen LogP contribution is 2.29. The number of amidine groups is 1. The molecule has 2 atom stereocenters. The Hall–Kier alpha value is -2.51. The van der Waals surface area contributed by atoms with Crippen molar-refractivity contribution in [1.29, 1.82) is 0 Å². The van der Waals surface area contributed by atoms with Gasteiger partial charge in [-0.05, 0) is 30.7 Å². The van der Waals surface area contributed by atoms with Crippen molar-refractivity contribution in [3.05, 3.63) is 59.1 Å². The summed E-state index contributed by atoms with van der Waals surface area (Å²) in [5.74, 6) is 0.0388. The third-order valence-electron chi connectivity index (χ3n) is 4.18. The maximum Gasteiger partial charge on any atom is 0.240 e. The molecule has 2 aromatic carbocycles. The molecule has 0 aliphatic carbocycles. The Kier molecular flexibility index (Phi) is 6.59. The molecular formula is C20H20ClN3O3S. The highest BCUT2D eigenvalue weighted by Gasteiger charge is 2.32. The van der Waals surface area contributed by atoms with E-state index in [0.29, 0.717) is 21.6 Å². The van der Waals surface area contributed by atoms with Gasteiger partial charge in [-0.25, -0.2) is 0 Å². The van der Waals surface area contributed by atoms with Crippen LogP contribution in [0.1, 0.15) is 24.9 Å². The minimum atomic E-state index is -0.518. The van der Waals surface area contributed by atoms with E-state index in [0.717, 1.165) is 5.56 Å². The van der Waals surface area contributed by atoms with E-state index in [2.05, 4.69) is 15.6 Å². The topological polar surface area (TPSA) is 79.8 Å². The molecule has 0 aromatic heterocycles. The average molecular weight is 418 g/mol. The van der Waals surface area contributed by atoms with Crippen LogP contribution in [0.3, 0.4) is 0 Å². The van der Waals surface area contributed by atoms with Crippen LogP contribution in [0.25, 0.3) is 0 Å². The van der Waals surface area contributed by atoms with Gasteiger partial charge < -0.3 is 15.4 Å². The molecule has 0 unspecified atom stereocenters.